The van der Waals surface area contributed by atoms with Gasteiger partial charge in [-0.3, -0.25) is 10.2 Å². The van der Waals surface area contributed by atoms with Gasteiger partial charge in [0.1, 0.15) is 0 Å². The molecule has 7 nitrogen and oxygen atoms in total. The number of hydrogen-bond donors (Lipinski definition) is 4. The van der Waals surface area contributed by atoms with Crippen molar-refractivity contribution >= 4 is 35.0 Å². The van der Waals surface area contributed by atoms with E-state index < -0.39 is 0 Å². The van der Waals surface area contributed by atoms with E-state index in [1.165, 1.54) is 23.1 Å². The predicted octanol–water partition coefficient (Wildman–Crippen LogP) is 0.344. The molecule has 0 saturated heterocycles. The van der Waals surface area contributed by atoms with E-state index in [1.54, 1.807) is 0 Å². The van der Waals surface area contributed by atoms with E-state index in [1.807, 2.05) is 11.4 Å². The second kappa shape index (κ2) is 5.17. The van der Waals surface area contributed by atoms with Crippen LogP contribution in [0.25, 0.3) is 0 Å². The molecule has 2 aromatic heterocycles. The number of nitrogens with zero attached hydrogens (tertiary/aromatic N) is 2. The SMILES string of the molecule is NNC(=O)c1sccc1CSc1n[nH]c(N)n1. The van der Waals surface area contributed by atoms with Crippen molar-refractivity contribution in [2.75, 3.05) is 5.73 Å². The number of H-pyrrole nitrogens is 1. The van der Waals surface area contributed by atoms with Gasteiger partial charge in [0.05, 0.1) is 4.88 Å². The second-order valence-corrected chi connectivity index (χ2v) is 4.90. The van der Waals surface area contributed by atoms with Crippen molar-refractivity contribution in [2.24, 2.45) is 5.84 Å². The lowest BCUT2D eigenvalue weighted by molar-refractivity contribution is 0.0957. The number of carbonyl (C=O) groups excluding carboxylic acids is 1. The van der Waals surface area contributed by atoms with E-state index in [0.717, 1.165) is 5.56 Å². The van der Waals surface area contributed by atoms with Gasteiger partial charge in [0.2, 0.25) is 11.1 Å². The van der Waals surface area contributed by atoms with Gasteiger partial charge in [0.25, 0.3) is 5.91 Å². The van der Waals surface area contributed by atoms with Gasteiger partial charge in [-0.15, -0.1) is 16.4 Å². The van der Waals surface area contributed by atoms with Crippen LogP contribution in [-0.2, 0) is 5.75 Å². The van der Waals surface area contributed by atoms with Gasteiger partial charge >= 0.3 is 0 Å². The number of nitrogen functional groups attached to an aromatic ring is 2. The zero-order valence-electron chi connectivity index (χ0n) is 8.64. The van der Waals surface area contributed by atoms with E-state index in [4.69, 9.17) is 11.6 Å². The van der Waals surface area contributed by atoms with E-state index >= 15 is 0 Å². The van der Waals surface area contributed by atoms with Crippen LogP contribution >= 0.6 is 23.1 Å². The highest BCUT2D eigenvalue weighted by atomic mass is 32.2. The normalized spacial score (nSPS) is 10.4. The lowest BCUT2D eigenvalue weighted by atomic mass is 10.3. The Bertz CT molecular complexity index is 522. The smallest absolute Gasteiger partial charge is 0.275 e. The quantitative estimate of drug-likeness (QED) is 0.275. The molecular weight excluding hydrogens is 260 g/mol. The molecule has 6 N–H and O–H groups in total. The summed E-state index contributed by atoms with van der Waals surface area (Å²) in [6, 6.07) is 1.87. The van der Waals surface area contributed by atoms with Crippen molar-refractivity contribution < 1.29 is 4.79 Å². The Hall–Kier alpha value is -1.58. The summed E-state index contributed by atoms with van der Waals surface area (Å²) in [7, 11) is 0. The molecule has 0 aliphatic carbocycles. The highest BCUT2D eigenvalue weighted by molar-refractivity contribution is 7.98. The van der Waals surface area contributed by atoms with Crippen LogP contribution < -0.4 is 17.0 Å². The first kappa shape index (κ1) is 11.9. The summed E-state index contributed by atoms with van der Waals surface area (Å²) in [5.74, 6) is 5.67. The summed E-state index contributed by atoms with van der Waals surface area (Å²) in [6.07, 6.45) is 0. The lowest BCUT2D eigenvalue weighted by Gasteiger charge is -2.00. The zero-order valence-corrected chi connectivity index (χ0v) is 10.3. The highest BCUT2D eigenvalue weighted by Crippen LogP contribution is 2.25. The van der Waals surface area contributed by atoms with E-state index in [0.29, 0.717) is 15.8 Å². The number of aromatic nitrogens is 3. The summed E-state index contributed by atoms with van der Waals surface area (Å²) in [6.45, 7) is 0. The molecule has 0 aliphatic heterocycles. The van der Waals surface area contributed by atoms with E-state index in [-0.39, 0.29) is 11.9 Å². The Morgan fingerprint density at radius 1 is 1.65 bits per heavy atom. The molecule has 0 spiro atoms. The Morgan fingerprint density at radius 3 is 3.12 bits per heavy atom. The maximum atomic E-state index is 11.4. The van der Waals surface area contributed by atoms with Crippen LogP contribution in [0.5, 0.6) is 0 Å². The molecule has 1 amide bonds. The standard InChI is InChI=1S/C8H10N6OS2/c9-7-11-8(14-13-7)17-3-4-1-2-16-5(4)6(15)12-10/h1-2H,3,10H2,(H,12,15)(H3,9,11,13,14). The molecule has 2 heterocycles. The van der Waals surface area contributed by atoms with Gasteiger partial charge in [0.15, 0.2) is 0 Å². The van der Waals surface area contributed by atoms with Crippen LogP contribution in [-0.4, -0.2) is 21.1 Å². The first-order valence-corrected chi connectivity index (χ1v) is 6.45. The van der Waals surface area contributed by atoms with Crippen molar-refractivity contribution in [3.63, 3.8) is 0 Å². The molecule has 0 unspecified atom stereocenters. The molecule has 0 radical (unpaired) electrons. The molecule has 0 bridgehead atoms. The van der Waals surface area contributed by atoms with Crippen molar-refractivity contribution in [1.29, 1.82) is 0 Å². The number of rotatable bonds is 4. The lowest BCUT2D eigenvalue weighted by Crippen LogP contribution is -2.29. The summed E-state index contributed by atoms with van der Waals surface area (Å²) in [5, 5.41) is 8.83. The molecule has 0 aliphatic rings. The zero-order chi connectivity index (χ0) is 12.3. The minimum Gasteiger partial charge on any atom is -0.368 e. The monoisotopic (exact) mass is 270 g/mol. The maximum Gasteiger partial charge on any atom is 0.275 e. The van der Waals surface area contributed by atoms with Crippen LogP contribution in [0.15, 0.2) is 16.6 Å². The summed E-state index contributed by atoms with van der Waals surface area (Å²) < 4.78 is 0. The summed E-state index contributed by atoms with van der Waals surface area (Å²) in [4.78, 5) is 16.0. The third kappa shape index (κ3) is 2.75. The van der Waals surface area contributed by atoms with Gasteiger partial charge in [-0.05, 0) is 17.0 Å². The third-order valence-corrected chi connectivity index (χ3v) is 3.77. The average Bonchev–Trinajstić information content (AvgIpc) is 2.94. The third-order valence-electron chi connectivity index (χ3n) is 1.92. The number of anilines is 1. The van der Waals surface area contributed by atoms with Crippen LogP contribution in [0.4, 0.5) is 5.95 Å². The first-order chi connectivity index (χ1) is 8.20. The average molecular weight is 270 g/mol. The molecule has 2 rings (SSSR count). The Balaban J connectivity index is 2.04. The molecule has 0 fully saturated rings. The minimum atomic E-state index is -0.287. The van der Waals surface area contributed by atoms with Crippen LogP contribution in [0.1, 0.15) is 15.2 Å². The number of aromatic amines is 1. The van der Waals surface area contributed by atoms with Gasteiger partial charge < -0.3 is 5.73 Å². The van der Waals surface area contributed by atoms with Crippen molar-refractivity contribution in [3.05, 3.63) is 21.9 Å². The van der Waals surface area contributed by atoms with Crippen LogP contribution in [0, 0.1) is 0 Å². The molecule has 17 heavy (non-hydrogen) atoms. The maximum absolute atomic E-state index is 11.4. The fraction of sp³-hybridized carbons (Fsp3) is 0.125. The molecule has 0 aromatic carbocycles. The number of carbonyl (C=O) groups is 1. The van der Waals surface area contributed by atoms with Crippen LogP contribution in [0.2, 0.25) is 0 Å². The topological polar surface area (TPSA) is 123 Å². The van der Waals surface area contributed by atoms with Crippen LogP contribution in [0.3, 0.4) is 0 Å². The molecular formula is C8H10N6OS2. The van der Waals surface area contributed by atoms with Gasteiger partial charge in [-0.25, -0.2) is 10.9 Å². The number of nitrogens with one attached hydrogen (secondary N) is 2. The highest BCUT2D eigenvalue weighted by Gasteiger charge is 2.12. The van der Waals surface area contributed by atoms with E-state index in [9.17, 15) is 4.79 Å². The first-order valence-electron chi connectivity index (χ1n) is 4.58. The number of hydrogen-bond acceptors (Lipinski definition) is 7. The molecule has 2 aromatic rings. The number of hydrazine groups is 1. The van der Waals surface area contributed by atoms with Crippen molar-refractivity contribution in [1.82, 2.24) is 20.6 Å². The molecule has 0 saturated carbocycles. The van der Waals surface area contributed by atoms with Gasteiger partial charge in [-0.1, -0.05) is 11.8 Å². The molecule has 9 heteroatoms. The second-order valence-electron chi connectivity index (χ2n) is 3.04. The summed E-state index contributed by atoms with van der Waals surface area (Å²) >= 11 is 2.74. The number of nitrogens with two attached hydrogens (primary N) is 2. The molecule has 90 valence electrons. The number of amides is 1. The van der Waals surface area contributed by atoms with E-state index in [2.05, 4.69) is 20.6 Å². The summed E-state index contributed by atoms with van der Waals surface area (Å²) in [5.41, 5.74) is 8.42. The molecule has 0 atom stereocenters. The van der Waals surface area contributed by atoms with Gasteiger partial charge in [0, 0.05) is 5.75 Å². The number of thioether (sulfide) groups is 1. The van der Waals surface area contributed by atoms with Crippen molar-refractivity contribution in [2.45, 2.75) is 10.9 Å². The fourth-order valence-corrected chi connectivity index (χ4v) is 2.89. The Morgan fingerprint density at radius 2 is 2.47 bits per heavy atom. The minimum absolute atomic E-state index is 0.276. The Kier molecular flexibility index (Phi) is 3.61. The Labute approximate surface area is 105 Å². The fourth-order valence-electron chi connectivity index (χ4n) is 1.18. The predicted molar refractivity (Wildman–Crippen MR) is 66.3 cm³/mol. The largest absolute Gasteiger partial charge is 0.368 e. The van der Waals surface area contributed by atoms with Gasteiger partial charge in [-0.2, -0.15) is 4.98 Å². The van der Waals surface area contributed by atoms with Crippen molar-refractivity contribution in [3.8, 4) is 0 Å². The number of thiophene rings is 1.